The largest absolute Gasteiger partial charge is 0.334 e. The summed E-state index contributed by atoms with van der Waals surface area (Å²) in [7, 11) is 0. The van der Waals surface area contributed by atoms with Crippen LogP contribution in [0.5, 0.6) is 0 Å². The summed E-state index contributed by atoms with van der Waals surface area (Å²) in [4.78, 5) is 14.0. The molecule has 5 nitrogen and oxygen atoms in total. The molecule has 0 spiro atoms. The summed E-state index contributed by atoms with van der Waals surface area (Å²) in [6.45, 7) is 4.06. The van der Waals surface area contributed by atoms with Gasteiger partial charge in [0.15, 0.2) is 0 Å². The highest BCUT2D eigenvalue weighted by Crippen LogP contribution is 2.17. The van der Waals surface area contributed by atoms with E-state index >= 15 is 0 Å². The van der Waals surface area contributed by atoms with Gasteiger partial charge in [0.25, 0.3) is 0 Å². The number of hydrazine groups is 1. The van der Waals surface area contributed by atoms with E-state index in [9.17, 15) is 4.79 Å². The molecule has 1 aliphatic heterocycles. The number of rotatable bonds is 2. The van der Waals surface area contributed by atoms with Gasteiger partial charge in [-0.1, -0.05) is 19.1 Å². The van der Waals surface area contributed by atoms with E-state index in [4.69, 9.17) is 11.1 Å². The Morgan fingerprint density at radius 1 is 1.50 bits per heavy atom. The lowest BCUT2D eigenvalue weighted by Gasteiger charge is -2.33. The fourth-order valence-corrected chi connectivity index (χ4v) is 2.39. The Kier molecular flexibility index (Phi) is 4.59. The summed E-state index contributed by atoms with van der Waals surface area (Å²) in [6.07, 6.45) is 2.06. The lowest BCUT2D eigenvalue weighted by molar-refractivity contribution is 0.132. The van der Waals surface area contributed by atoms with E-state index in [0.29, 0.717) is 18.0 Å². The zero-order valence-electron chi connectivity index (χ0n) is 11.7. The standard InChI is InChI=1S/C15H20N4O/c1-12-5-7-18(8-6-12)15(20)19(17)11-14-4-2-3-13(9-14)10-16/h2-4,9,12H,5-8,11,17H2,1H3. The van der Waals surface area contributed by atoms with Gasteiger partial charge in [-0.15, -0.1) is 0 Å². The number of likely N-dealkylation sites (tertiary alicyclic amines) is 1. The van der Waals surface area contributed by atoms with Crippen LogP contribution in [0, 0.1) is 17.2 Å². The Bertz CT molecular complexity index is 515. The summed E-state index contributed by atoms with van der Waals surface area (Å²) >= 11 is 0. The summed E-state index contributed by atoms with van der Waals surface area (Å²) in [5.41, 5.74) is 1.44. The highest BCUT2D eigenvalue weighted by atomic mass is 16.2. The number of amides is 2. The molecule has 0 bridgehead atoms. The zero-order chi connectivity index (χ0) is 14.5. The SMILES string of the molecule is CC1CCN(C(=O)N(N)Cc2cccc(C#N)c2)CC1. The number of nitrogens with two attached hydrogens (primary N) is 1. The van der Waals surface area contributed by atoms with Crippen LogP contribution < -0.4 is 5.84 Å². The van der Waals surface area contributed by atoms with Crippen molar-refractivity contribution in [3.05, 3.63) is 35.4 Å². The third-order valence-electron chi connectivity index (χ3n) is 3.71. The maximum absolute atomic E-state index is 12.2. The molecular formula is C15H20N4O. The van der Waals surface area contributed by atoms with Crippen molar-refractivity contribution in [1.82, 2.24) is 9.91 Å². The first-order chi connectivity index (χ1) is 9.60. The second-order valence-electron chi connectivity index (χ2n) is 5.39. The summed E-state index contributed by atoms with van der Waals surface area (Å²) in [5, 5.41) is 10.1. The van der Waals surface area contributed by atoms with Crippen LogP contribution in [0.15, 0.2) is 24.3 Å². The lowest BCUT2D eigenvalue weighted by atomic mass is 10.00. The summed E-state index contributed by atoms with van der Waals surface area (Å²) in [5.74, 6) is 6.54. The first-order valence-corrected chi connectivity index (χ1v) is 6.90. The topological polar surface area (TPSA) is 73.4 Å². The number of urea groups is 1. The monoisotopic (exact) mass is 272 g/mol. The molecule has 1 aliphatic rings. The van der Waals surface area contributed by atoms with Crippen LogP contribution in [0.1, 0.15) is 30.9 Å². The second kappa shape index (κ2) is 6.40. The predicted octanol–water partition coefficient (Wildman–Crippen LogP) is 2.09. The van der Waals surface area contributed by atoms with Gasteiger partial charge in [0.05, 0.1) is 18.2 Å². The molecule has 2 N–H and O–H groups in total. The molecule has 106 valence electrons. The maximum Gasteiger partial charge on any atom is 0.334 e. The summed E-state index contributed by atoms with van der Waals surface area (Å²) in [6, 6.07) is 9.10. The average Bonchev–Trinajstić information content (AvgIpc) is 2.47. The quantitative estimate of drug-likeness (QED) is 0.509. The molecule has 5 heteroatoms. The highest BCUT2D eigenvalue weighted by molar-refractivity contribution is 5.73. The van der Waals surface area contributed by atoms with Crippen molar-refractivity contribution in [2.45, 2.75) is 26.3 Å². The van der Waals surface area contributed by atoms with Crippen molar-refractivity contribution >= 4 is 6.03 Å². The average molecular weight is 272 g/mol. The van der Waals surface area contributed by atoms with E-state index < -0.39 is 0 Å². The number of hydrogen-bond donors (Lipinski definition) is 1. The molecular weight excluding hydrogens is 252 g/mol. The molecule has 1 fully saturated rings. The number of carbonyl (C=O) groups excluding carboxylic acids is 1. The van der Waals surface area contributed by atoms with Gasteiger partial charge < -0.3 is 4.90 Å². The fourth-order valence-electron chi connectivity index (χ4n) is 2.39. The van der Waals surface area contributed by atoms with E-state index in [1.807, 2.05) is 6.07 Å². The van der Waals surface area contributed by atoms with E-state index in [-0.39, 0.29) is 6.03 Å². The molecule has 2 amide bonds. The first-order valence-electron chi connectivity index (χ1n) is 6.90. The van der Waals surface area contributed by atoms with Gasteiger partial charge in [0, 0.05) is 13.1 Å². The Morgan fingerprint density at radius 3 is 2.85 bits per heavy atom. The number of nitrogens with zero attached hydrogens (tertiary/aromatic N) is 3. The van der Waals surface area contributed by atoms with Gasteiger partial charge in [-0.05, 0) is 36.5 Å². The smallest absolute Gasteiger partial charge is 0.324 e. The van der Waals surface area contributed by atoms with Crippen molar-refractivity contribution in [3.63, 3.8) is 0 Å². The van der Waals surface area contributed by atoms with Gasteiger partial charge in [0.1, 0.15) is 0 Å². The zero-order valence-corrected chi connectivity index (χ0v) is 11.7. The highest BCUT2D eigenvalue weighted by Gasteiger charge is 2.23. The molecule has 0 aromatic heterocycles. The van der Waals surface area contributed by atoms with E-state index in [1.165, 1.54) is 5.01 Å². The molecule has 1 aromatic rings. The van der Waals surface area contributed by atoms with Crippen LogP contribution in [0.4, 0.5) is 4.79 Å². The van der Waals surface area contributed by atoms with Crippen LogP contribution >= 0.6 is 0 Å². The molecule has 0 aliphatic carbocycles. The van der Waals surface area contributed by atoms with Gasteiger partial charge >= 0.3 is 6.03 Å². The number of nitriles is 1. The first kappa shape index (κ1) is 14.4. The van der Waals surface area contributed by atoms with Crippen molar-refractivity contribution in [2.75, 3.05) is 13.1 Å². The minimum Gasteiger partial charge on any atom is -0.324 e. The number of carbonyl (C=O) groups is 1. The lowest BCUT2D eigenvalue weighted by Crippen LogP contribution is -2.49. The predicted molar refractivity (Wildman–Crippen MR) is 76.3 cm³/mol. The van der Waals surface area contributed by atoms with E-state index in [2.05, 4.69) is 13.0 Å². The minimum absolute atomic E-state index is 0.140. The molecule has 0 saturated carbocycles. The Balaban J connectivity index is 1.95. The van der Waals surface area contributed by atoms with Crippen molar-refractivity contribution < 1.29 is 4.79 Å². The van der Waals surface area contributed by atoms with Crippen LogP contribution in [0.2, 0.25) is 0 Å². The van der Waals surface area contributed by atoms with Crippen molar-refractivity contribution in [2.24, 2.45) is 11.8 Å². The molecule has 0 radical (unpaired) electrons. The molecule has 1 heterocycles. The minimum atomic E-state index is -0.140. The van der Waals surface area contributed by atoms with Gasteiger partial charge in [-0.25, -0.2) is 10.6 Å². The van der Waals surface area contributed by atoms with E-state index in [1.54, 1.807) is 23.1 Å². The van der Waals surface area contributed by atoms with Crippen LogP contribution in [0.3, 0.4) is 0 Å². The van der Waals surface area contributed by atoms with Crippen molar-refractivity contribution in [1.29, 1.82) is 5.26 Å². The number of benzene rings is 1. The molecule has 20 heavy (non-hydrogen) atoms. The molecule has 1 saturated heterocycles. The van der Waals surface area contributed by atoms with Crippen LogP contribution in [-0.4, -0.2) is 29.0 Å². The van der Waals surface area contributed by atoms with Crippen LogP contribution in [0.25, 0.3) is 0 Å². The van der Waals surface area contributed by atoms with Crippen LogP contribution in [-0.2, 0) is 6.54 Å². The normalized spacial score (nSPS) is 15.8. The Morgan fingerprint density at radius 2 is 2.20 bits per heavy atom. The number of hydrogen-bond acceptors (Lipinski definition) is 3. The maximum atomic E-state index is 12.2. The number of piperidine rings is 1. The molecule has 0 atom stereocenters. The van der Waals surface area contributed by atoms with E-state index in [0.717, 1.165) is 31.5 Å². The second-order valence-corrected chi connectivity index (χ2v) is 5.39. The Labute approximate surface area is 119 Å². The van der Waals surface area contributed by atoms with Gasteiger partial charge in [-0.3, -0.25) is 5.01 Å². The van der Waals surface area contributed by atoms with Gasteiger partial charge in [-0.2, -0.15) is 5.26 Å². The van der Waals surface area contributed by atoms with Gasteiger partial charge in [0.2, 0.25) is 0 Å². The molecule has 1 aromatic carbocycles. The Hall–Kier alpha value is -2.06. The molecule has 2 rings (SSSR count). The van der Waals surface area contributed by atoms with Crippen molar-refractivity contribution in [3.8, 4) is 6.07 Å². The molecule has 0 unspecified atom stereocenters. The third-order valence-corrected chi connectivity index (χ3v) is 3.71. The third kappa shape index (κ3) is 3.49. The summed E-state index contributed by atoms with van der Waals surface area (Å²) < 4.78 is 0. The fraction of sp³-hybridized carbons (Fsp3) is 0.467.